The van der Waals surface area contributed by atoms with Crippen LogP contribution in [0, 0.1) is 11.8 Å². The molecule has 5 nitrogen and oxygen atoms in total. The van der Waals surface area contributed by atoms with E-state index in [2.05, 4.69) is 24.3 Å². The molecule has 0 amide bonds. The minimum atomic E-state index is -0.788. The molecule has 4 rings (SSSR count). The van der Waals surface area contributed by atoms with Crippen molar-refractivity contribution in [2.75, 3.05) is 13.2 Å². The third-order valence-corrected chi connectivity index (χ3v) is 6.19. The van der Waals surface area contributed by atoms with Crippen molar-refractivity contribution in [3.05, 3.63) is 65.7 Å². The standard InChI is InChI=1S/C25H30O5/c26-25(27)10-5-13-29-20-9-4-8-19(14-20)15-21-22(24-12-11-23(21)30-24)17-28-16-18-6-2-1-3-7-18/h1-4,6-9,14,21-24H,5,10-13,15-17H2,(H,26,27)/t21-,22+,23-,24+/m1/s1. The molecule has 0 aliphatic carbocycles. The van der Waals surface area contributed by atoms with Crippen LogP contribution in [-0.4, -0.2) is 36.5 Å². The van der Waals surface area contributed by atoms with Gasteiger partial charge in [-0.1, -0.05) is 42.5 Å². The van der Waals surface area contributed by atoms with Crippen molar-refractivity contribution >= 4 is 5.97 Å². The predicted molar refractivity (Wildman–Crippen MR) is 113 cm³/mol. The molecule has 160 valence electrons. The number of carbonyl (C=O) groups is 1. The maximum absolute atomic E-state index is 10.6. The second-order valence-corrected chi connectivity index (χ2v) is 8.32. The fourth-order valence-electron chi connectivity index (χ4n) is 4.72. The summed E-state index contributed by atoms with van der Waals surface area (Å²) in [4.78, 5) is 10.6. The molecule has 0 aromatic heterocycles. The van der Waals surface area contributed by atoms with Gasteiger partial charge in [0, 0.05) is 12.3 Å². The van der Waals surface area contributed by atoms with Crippen LogP contribution in [0.25, 0.3) is 0 Å². The van der Waals surface area contributed by atoms with Crippen LogP contribution in [0.1, 0.15) is 36.8 Å². The Morgan fingerprint density at radius 1 is 1.00 bits per heavy atom. The summed E-state index contributed by atoms with van der Waals surface area (Å²) in [6.45, 7) is 1.79. The molecule has 5 heteroatoms. The van der Waals surface area contributed by atoms with Gasteiger partial charge in [-0.2, -0.15) is 0 Å². The molecule has 0 radical (unpaired) electrons. The number of carboxylic acids is 1. The van der Waals surface area contributed by atoms with Crippen molar-refractivity contribution < 1.29 is 24.1 Å². The van der Waals surface area contributed by atoms with Gasteiger partial charge in [0.05, 0.1) is 32.0 Å². The van der Waals surface area contributed by atoms with E-state index in [0.717, 1.165) is 31.6 Å². The lowest BCUT2D eigenvalue weighted by atomic mass is 9.76. The second kappa shape index (κ2) is 10.1. The zero-order valence-electron chi connectivity index (χ0n) is 17.2. The van der Waals surface area contributed by atoms with E-state index in [9.17, 15) is 4.79 Å². The Labute approximate surface area is 178 Å². The number of carboxylic acid groups (broad SMARTS) is 1. The first-order valence-electron chi connectivity index (χ1n) is 10.9. The van der Waals surface area contributed by atoms with E-state index in [-0.39, 0.29) is 6.42 Å². The topological polar surface area (TPSA) is 65.0 Å². The minimum Gasteiger partial charge on any atom is -0.494 e. The van der Waals surface area contributed by atoms with Crippen LogP contribution < -0.4 is 4.74 Å². The highest BCUT2D eigenvalue weighted by Gasteiger charge is 2.48. The van der Waals surface area contributed by atoms with Crippen LogP contribution in [0.5, 0.6) is 5.75 Å². The van der Waals surface area contributed by atoms with Crippen LogP contribution in [0.2, 0.25) is 0 Å². The van der Waals surface area contributed by atoms with Gasteiger partial charge in [0.15, 0.2) is 0 Å². The van der Waals surface area contributed by atoms with Crippen molar-refractivity contribution in [3.8, 4) is 5.75 Å². The van der Waals surface area contributed by atoms with Crippen molar-refractivity contribution in [2.45, 2.75) is 50.9 Å². The third-order valence-electron chi connectivity index (χ3n) is 6.19. The Balaban J connectivity index is 1.32. The molecule has 2 fully saturated rings. The molecule has 4 atom stereocenters. The maximum Gasteiger partial charge on any atom is 0.303 e. The number of benzene rings is 2. The molecule has 1 N–H and O–H groups in total. The lowest BCUT2D eigenvalue weighted by Gasteiger charge is -2.28. The van der Waals surface area contributed by atoms with Crippen LogP contribution in [-0.2, 0) is 27.3 Å². The molecule has 2 heterocycles. The fraction of sp³-hybridized carbons (Fsp3) is 0.480. The normalized spacial score (nSPS) is 24.8. The summed E-state index contributed by atoms with van der Waals surface area (Å²) in [5.41, 5.74) is 2.44. The first kappa shape index (κ1) is 20.9. The quantitative estimate of drug-likeness (QED) is 0.553. The monoisotopic (exact) mass is 410 g/mol. The Morgan fingerprint density at radius 2 is 1.77 bits per heavy atom. The molecular formula is C25H30O5. The smallest absolute Gasteiger partial charge is 0.303 e. The van der Waals surface area contributed by atoms with Crippen molar-refractivity contribution in [3.63, 3.8) is 0 Å². The largest absolute Gasteiger partial charge is 0.494 e. The highest BCUT2D eigenvalue weighted by atomic mass is 16.5. The van der Waals surface area contributed by atoms with Gasteiger partial charge in [-0.15, -0.1) is 0 Å². The molecular weight excluding hydrogens is 380 g/mol. The lowest BCUT2D eigenvalue weighted by molar-refractivity contribution is -0.137. The van der Waals surface area contributed by atoms with Gasteiger partial charge in [0.25, 0.3) is 0 Å². The van der Waals surface area contributed by atoms with Crippen LogP contribution in [0.3, 0.4) is 0 Å². The molecule has 0 spiro atoms. The highest BCUT2D eigenvalue weighted by Crippen LogP contribution is 2.45. The van der Waals surface area contributed by atoms with E-state index in [4.69, 9.17) is 19.3 Å². The molecule has 30 heavy (non-hydrogen) atoms. The number of hydrogen-bond donors (Lipinski definition) is 1. The molecule has 0 unspecified atom stereocenters. The summed E-state index contributed by atoms with van der Waals surface area (Å²) in [6, 6.07) is 18.4. The summed E-state index contributed by atoms with van der Waals surface area (Å²) in [5, 5.41) is 8.74. The zero-order chi connectivity index (χ0) is 20.8. The number of ether oxygens (including phenoxy) is 3. The first-order valence-corrected chi connectivity index (χ1v) is 10.9. The molecule has 2 aliphatic rings. The van der Waals surface area contributed by atoms with Gasteiger partial charge >= 0.3 is 5.97 Å². The summed E-state index contributed by atoms with van der Waals surface area (Å²) >= 11 is 0. The Morgan fingerprint density at radius 3 is 2.57 bits per heavy atom. The molecule has 2 aromatic carbocycles. The summed E-state index contributed by atoms with van der Waals surface area (Å²) in [5.74, 6) is 0.900. The second-order valence-electron chi connectivity index (χ2n) is 8.32. The van der Waals surface area contributed by atoms with Crippen LogP contribution in [0.4, 0.5) is 0 Å². The molecule has 2 aliphatic heterocycles. The Hall–Kier alpha value is -2.37. The third kappa shape index (κ3) is 5.41. The highest BCUT2D eigenvalue weighted by molar-refractivity contribution is 5.66. The average Bonchev–Trinajstić information content (AvgIpc) is 3.35. The Bertz CT molecular complexity index is 821. The number of rotatable bonds is 11. The van der Waals surface area contributed by atoms with Crippen molar-refractivity contribution in [1.29, 1.82) is 0 Å². The Kier molecular flexibility index (Phi) is 7.03. The van der Waals surface area contributed by atoms with E-state index in [0.29, 0.717) is 43.7 Å². The van der Waals surface area contributed by atoms with Gasteiger partial charge < -0.3 is 19.3 Å². The SMILES string of the molecule is O=C(O)CCCOc1cccc(C[C@@H]2[C@H](COCc3ccccc3)[C@@H]3CC[C@H]2O3)c1. The van der Waals surface area contributed by atoms with Crippen LogP contribution in [0.15, 0.2) is 54.6 Å². The average molecular weight is 411 g/mol. The van der Waals surface area contributed by atoms with E-state index in [1.807, 2.05) is 30.3 Å². The fourth-order valence-corrected chi connectivity index (χ4v) is 4.72. The summed E-state index contributed by atoms with van der Waals surface area (Å²) in [6.07, 6.45) is 4.50. The number of fused-ring (bicyclic) bond motifs is 2. The van der Waals surface area contributed by atoms with E-state index in [1.54, 1.807) is 0 Å². The summed E-state index contributed by atoms with van der Waals surface area (Å²) in [7, 11) is 0. The minimum absolute atomic E-state index is 0.132. The zero-order valence-corrected chi connectivity index (χ0v) is 17.2. The lowest BCUT2D eigenvalue weighted by Crippen LogP contribution is -2.32. The molecule has 0 saturated carbocycles. The molecule has 2 bridgehead atoms. The van der Waals surface area contributed by atoms with Gasteiger partial charge in [0.2, 0.25) is 0 Å². The van der Waals surface area contributed by atoms with Gasteiger partial charge in [-0.3, -0.25) is 4.79 Å². The predicted octanol–water partition coefficient (Wildman–Crippen LogP) is 4.48. The first-order chi connectivity index (χ1) is 14.7. The van der Waals surface area contributed by atoms with Crippen molar-refractivity contribution in [1.82, 2.24) is 0 Å². The van der Waals surface area contributed by atoms with E-state index < -0.39 is 5.97 Å². The van der Waals surface area contributed by atoms with E-state index in [1.165, 1.54) is 11.1 Å². The van der Waals surface area contributed by atoms with Gasteiger partial charge in [-0.05, 0) is 54.9 Å². The van der Waals surface area contributed by atoms with E-state index >= 15 is 0 Å². The molecule has 2 aromatic rings. The maximum atomic E-state index is 10.6. The summed E-state index contributed by atoms with van der Waals surface area (Å²) < 4.78 is 18.1. The number of aliphatic carboxylic acids is 1. The van der Waals surface area contributed by atoms with Gasteiger partial charge in [0.1, 0.15) is 5.75 Å². The van der Waals surface area contributed by atoms with Gasteiger partial charge in [-0.25, -0.2) is 0 Å². The molecule has 2 saturated heterocycles. The van der Waals surface area contributed by atoms with Crippen LogP contribution >= 0.6 is 0 Å². The number of hydrogen-bond acceptors (Lipinski definition) is 4. The van der Waals surface area contributed by atoms with Crippen molar-refractivity contribution in [2.24, 2.45) is 11.8 Å².